The minimum Gasteiger partial charge on any atom is -0.486 e. The first-order valence-electron chi connectivity index (χ1n) is 1.97. The molecule has 0 aromatic carbocycles. The maximum absolute atomic E-state index is 4.25. The monoisotopic (exact) mass is 500 g/mol. The van der Waals surface area contributed by atoms with Crippen molar-refractivity contribution in [3.63, 3.8) is 0 Å². The van der Waals surface area contributed by atoms with Crippen LogP contribution in [0.25, 0.3) is 0 Å². The SMILES string of the molecule is [CH2-]N.[CH2-]N.[CH2-][CH][CH][CH2-].[CH3-].[CH3-].[Y].[Y].[Y].[Y]. The third-order valence-corrected chi connectivity index (χ3v) is 0.167. The molecule has 14 heavy (non-hydrogen) atoms. The number of nitrogens with two attached hydrogens (primary N) is 2. The van der Waals surface area contributed by atoms with Crippen LogP contribution in [0.1, 0.15) is 0 Å². The Bertz CT molecular complexity index is 21.3. The van der Waals surface area contributed by atoms with Crippen LogP contribution in [0, 0.1) is 55.6 Å². The van der Waals surface area contributed by atoms with Gasteiger partial charge in [0.1, 0.15) is 0 Å². The molecule has 0 heterocycles. The summed E-state index contributed by atoms with van der Waals surface area (Å²) in [5, 5.41) is 0. The van der Waals surface area contributed by atoms with E-state index in [-0.39, 0.29) is 146 Å². The van der Waals surface area contributed by atoms with Crippen molar-refractivity contribution < 1.29 is 131 Å². The standard InChI is InChI=1S/C4H6.2CH4N.2CH3.4Y/c1-3-4-2;2*1-2;;;;;;/h3-4H,1-2H2;2*1-2H2;2*1H3;;;;/q-2;4*-1;;;;. The second-order valence-electron chi connectivity index (χ2n) is 0.471. The van der Waals surface area contributed by atoms with Gasteiger partial charge < -0.3 is 40.2 Å². The molecule has 80 valence electrons. The van der Waals surface area contributed by atoms with Gasteiger partial charge in [-0.25, -0.2) is 12.8 Å². The summed E-state index contributed by atoms with van der Waals surface area (Å²) in [5.41, 5.74) is 8.50. The molecule has 0 aromatic rings. The molecule has 0 bridgehead atoms. The Morgan fingerprint density at radius 1 is 0.571 bits per heavy atom. The number of rotatable bonds is 1. The van der Waals surface area contributed by atoms with E-state index in [1.807, 2.05) is 0 Å². The van der Waals surface area contributed by atoms with Gasteiger partial charge in [-0.2, -0.15) is 0 Å². The average molecular weight is 500 g/mol. The van der Waals surface area contributed by atoms with Crippen molar-refractivity contribution in [1.82, 2.24) is 0 Å². The van der Waals surface area contributed by atoms with Crippen molar-refractivity contribution in [2.45, 2.75) is 0 Å². The van der Waals surface area contributed by atoms with Crippen molar-refractivity contribution in [3.05, 3.63) is 55.6 Å². The molecule has 4 N–H and O–H groups in total. The van der Waals surface area contributed by atoms with E-state index in [4.69, 9.17) is 0 Å². The normalized spacial score (nSPS) is 3.00. The molecule has 0 aromatic heterocycles. The predicted molar refractivity (Wildman–Crippen MR) is 51.2 cm³/mol. The van der Waals surface area contributed by atoms with Gasteiger partial charge in [0, 0.05) is 131 Å². The van der Waals surface area contributed by atoms with Crippen LogP contribution in [-0.4, -0.2) is 0 Å². The molecule has 0 atom stereocenters. The third-order valence-electron chi connectivity index (χ3n) is 0.167. The fourth-order valence-electron chi connectivity index (χ4n) is 0. The van der Waals surface area contributed by atoms with Gasteiger partial charge in [0.15, 0.2) is 0 Å². The van der Waals surface area contributed by atoms with E-state index >= 15 is 0 Å². The van der Waals surface area contributed by atoms with Crippen molar-refractivity contribution in [2.75, 3.05) is 0 Å². The molecule has 0 saturated heterocycles. The van der Waals surface area contributed by atoms with Gasteiger partial charge in [-0.1, -0.05) is 0 Å². The van der Waals surface area contributed by atoms with Crippen molar-refractivity contribution in [3.8, 4) is 0 Å². The molecule has 0 unspecified atom stereocenters. The Balaban J connectivity index is -0.00000000333. The van der Waals surface area contributed by atoms with Gasteiger partial charge in [0.25, 0.3) is 0 Å². The quantitative estimate of drug-likeness (QED) is 0.536. The van der Waals surface area contributed by atoms with Gasteiger partial charge in [0.2, 0.25) is 0 Å². The van der Waals surface area contributed by atoms with Crippen molar-refractivity contribution >= 4 is 0 Å². The van der Waals surface area contributed by atoms with Crippen LogP contribution in [0.5, 0.6) is 0 Å². The molecular weight excluding hydrogens is 480 g/mol. The van der Waals surface area contributed by atoms with Crippen LogP contribution in [-0.2, 0) is 131 Å². The van der Waals surface area contributed by atoms with E-state index < -0.39 is 0 Å². The predicted octanol–water partition coefficient (Wildman–Crippen LogP) is 1.43. The smallest absolute Gasteiger partial charge is 0 e. The molecule has 2 nitrogen and oxygen atoms in total. The van der Waals surface area contributed by atoms with E-state index in [0.29, 0.717) is 0 Å². The molecule has 0 rings (SSSR count). The maximum atomic E-state index is 4.25. The molecule has 0 spiro atoms. The number of hydrogen-bond acceptors (Lipinski definition) is 2. The Labute approximate surface area is 194 Å². The summed E-state index contributed by atoms with van der Waals surface area (Å²) in [6, 6.07) is 0. The fraction of sp³-hybridized carbons (Fsp3) is 0. The van der Waals surface area contributed by atoms with E-state index in [1.54, 1.807) is 12.8 Å². The number of unbranched alkanes of at least 4 members (excludes halogenated alkanes) is 1. The zero-order valence-corrected chi connectivity index (χ0v) is 20.8. The van der Waals surface area contributed by atoms with Crippen molar-refractivity contribution in [2.24, 2.45) is 11.5 Å². The van der Waals surface area contributed by atoms with Crippen LogP contribution in [0.15, 0.2) is 0 Å². The molecule has 0 fully saturated rings. The Morgan fingerprint density at radius 3 is 0.643 bits per heavy atom. The van der Waals surface area contributed by atoms with Gasteiger partial charge in [0.05, 0.1) is 0 Å². The summed E-state index contributed by atoms with van der Waals surface area (Å²) in [6.45, 7) is 6.72. The summed E-state index contributed by atoms with van der Waals surface area (Å²) in [5.74, 6) is 0. The van der Waals surface area contributed by atoms with Crippen LogP contribution < -0.4 is 11.5 Å². The molecule has 6 heteroatoms. The van der Waals surface area contributed by atoms with Crippen molar-refractivity contribution in [1.29, 1.82) is 0 Å². The summed E-state index contributed by atoms with van der Waals surface area (Å²) in [4.78, 5) is 0. The fourth-order valence-corrected chi connectivity index (χ4v) is 0. The molecule has 0 saturated carbocycles. The van der Waals surface area contributed by atoms with Gasteiger partial charge in [-0.05, 0) is 0 Å². The zero-order valence-electron chi connectivity index (χ0n) is 9.45. The second-order valence-corrected chi connectivity index (χ2v) is 0.471. The topological polar surface area (TPSA) is 52.0 Å². The molecule has 0 aliphatic heterocycles. The first-order valence-corrected chi connectivity index (χ1v) is 1.97. The minimum absolute atomic E-state index is 0. The van der Waals surface area contributed by atoms with Gasteiger partial charge in [-0.15, -0.1) is 0 Å². The zero-order chi connectivity index (χ0) is 7.41. The third kappa shape index (κ3) is 135. The van der Waals surface area contributed by atoms with Crippen LogP contribution in [0.2, 0.25) is 0 Å². The average Bonchev–Trinajstić information content (AvgIpc) is 1.96. The largest absolute Gasteiger partial charge is 0.486 e. The maximum Gasteiger partial charge on any atom is 0 e. The number of hydrogen-bond donors (Lipinski definition) is 2. The van der Waals surface area contributed by atoms with Crippen LogP contribution in [0.3, 0.4) is 0 Å². The van der Waals surface area contributed by atoms with E-state index in [9.17, 15) is 0 Å². The van der Waals surface area contributed by atoms with Gasteiger partial charge in [-0.3, -0.25) is 14.1 Å². The molecular formula is C8H20N2Y4-6. The minimum atomic E-state index is 0. The van der Waals surface area contributed by atoms with E-state index in [0.717, 1.165) is 0 Å². The molecule has 0 amide bonds. The molecule has 0 aliphatic rings. The molecule has 0 aliphatic carbocycles. The first kappa shape index (κ1) is 63.2. The molecule has 6 radical (unpaired) electrons. The van der Waals surface area contributed by atoms with E-state index in [1.165, 1.54) is 0 Å². The summed E-state index contributed by atoms with van der Waals surface area (Å²) in [7, 11) is 5.50. The Morgan fingerprint density at radius 2 is 0.643 bits per heavy atom. The van der Waals surface area contributed by atoms with E-state index in [2.05, 4.69) is 39.4 Å². The summed E-state index contributed by atoms with van der Waals surface area (Å²) < 4.78 is 0. The van der Waals surface area contributed by atoms with Gasteiger partial charge >= 0.3 is 0 Å². The summed E-state index contributed by atoms with van der Waals surface area (Å²) >= 11 is 0. The Kier molecular flexibility index (Phi) is 520. The van der Waals surface area contributed by atoms with Crippen LogP contribution in [0.4, 0.5) is 0 Å². The Hall–Kier alpha value is 4.34. The van der Waals surface area contributed by atoms with Crippen LogP contribution >= 0.6 is 0 Å². The second kappa shape index (κ2) is 115. The first-order chi connectivity index (χ1) is 3.91. The summed E-state index contributed by atoms with van der Waals surface area (Å²) in [6.07, 6.45) is 3.28.